The molecule has 0 heterocycles. The highest BCUT2D eigenvalue weighted by atomic mass is 15.2. The van der Waals surface area contributed by atoms with Crippen LogP contribution >= 0.6 is 0 Å². The highest BCUT2D eigenvalue weighted by Crippen LogP contribution is 2.21. The van der Waals surface area contributed by atoms with Crippen LogP contribution in [0, 0.1) is 22.7 Å². The summed E-state index contributed by atoms with van der Waals surface area (Å²) < 4.78 is 0. The van der Waals surface area contributed by atoms with Gasteiger partial charge in [-0.3, -0.25) is 0 Å². The van der Waals surface area contributed by atoms with Gasteiger partial charge in [0.2, 0.25) is 0 Å². The molecule has 0 radical (unpaired) electrons. The van der Waals surface area contributed by atoms with Gasteiger partial charge in [0.25, 0.3) is 0 Å². The summed E-state index contributed by atoms with van der Waals surface area (Å²) in [6.45, 7) is 13.2. The molecule has 0 aromatic heterocycles. The van der Waals surface area contributed by atoms with E-state index in [0.29, 0.717) is 0 Å². The van der Waals surface area contributed by atoms with E-state index in [0.717, 1.165) is 38.4 Å². The van der Waals surface area contributed by atoms with Crippen LogP contribution in [-0.4, -0.2) is 50.1 Å². The van der Waals surface area contributed by atoms with Crippen molar-refractivity contribution >= 4 is 0 Å². The number of nitrogens with zero attached hydrogens (tertiary/aromatic N) is 3. The summed E-state index contributed by atoms with van der Waals surface area (Å²) in [5, 5.41) is 9.00. The molecular weight excluding hydrogens is 234 g/mol. The van der Waals surface area contributed by atoms with E-state index in [1.54, 1.807) is 0 Å². The molecule has 0 spiro atoms. The van der Waals surface area contributed by atoms with E-state index >= 15 is 0 Å². The van der Waals surface area contributed by atoms with Crippen molar-refractivity contribution < 1.29 is 0 Å². The van der Waals surface area contributed by atoms with E-state index in [-0.39, 0.29) is 5.41 Å². The maximum atomic E-state index is 9.00. The average Bonchev–Trinajstić information content (AvgIpc) is 2.30. The van der Waals surface area contributed by atoms with Crippen molar-refractivity contribution in [2.75, 3.05) is 40.3 Å². The lowest BCUT2D eigenvalue weighted by Gasteiger charge is -2.26. The number of hydrogen-bond acceptors (Lipinski definition) is 3. The smallest absolute Gasteiger partial charge is 0.0683 e. The molecule has 112 valence electrons. The lowest BCUT2D eigenvalue weighted by molar-refractivity contribution is 0.213. The van der Waals surface area contributed by atoms with Crippen molar-refractivity contribution in [2.24, 2.45) is 11.3 Å². The first-order chi connectivity index (χ1) is 8.76. The van der Waals surface area contributed by atoms with Gasteiger partial charge in [-0.2, -0.15) is 5.26 Å². The van der Waals surface area contributed by atoms with Gasteiger partial charge in [0.1, 0.15) is 0 Å². The Kier molecular flexibility index (Phi) is 9.05. The van der Waals surface area contributed by atoms with Crippen molar-refractivity contribution in [1.29, 1.82) is 5.26 Å². The van der Waals surface area contributed by atoms with Crippen molar-refractivity contribution in [1.82, 2.24) is 9.80 Å². The summed E-state index contributed by atoms with van der Waals surface area (Å²) in [6, 6.07) is 2.38. The predicted octanol–water partition coefficient (Wildman–Crippen LogP) is 3.23. The zero-order valence-corrected chi connectivity index (χ0v) is 13.9. The second kappa shape index (κ2) is 9.34. The Hall–Kier alpha value is -0.590. The standard InChI is InChI=1S/C16H33N3/c1-15(2)13-19(12-11-18(5)6)10-8-7-9-16(3,4)14-17/h15H,7-13H2,1-6H3. The number of rotatable bonds is 10. The molecule has 0 aliphatic carbocycles. The van der Waals surface area contributed by atoms with Gasteiger partial charge in [-0.1, -0.05) is 20.3 Å². The molecule has 0 rings (SSSR count). The number of likely N-dealkylation sites (N-methyl/N-ethyl adjacent to an activating group) is 1. The van der Waals surface area contributed by atoms with E-state index in [4.69, 9.17) is 5.26 Å². The third-order valence-electron chi connectivity index (χ3n) is 3.32. The summed E-state index contributed by atoms with van der Waals surface area (Å²) in [4.78, 5) is 4.80. The molecule has 3 heteroatoms. The minimum atomic E-state index is -0.160. The first-order valence-electron chi connectivity index (χ1n) is 7.55. The molecule has 0 bridgehead atoms. The Bertz CT molecular complexity index is 264. The summed E-state index contributed by atoms with van der Waals surface area (Å²) in [7, 11) is 4.26. The van der Waals surface area contributed by atoms with Crippen molar-refractivity contribution in [3.8, 4) is 6.07 Å². The van der Waals surface area contributed by atoms with E-state index in [1.807, 2.05) is 13.8 Å². The van der Waals surface area contributed by atoms with Crippen LogP contribution in [0.2, 0.25) is 0 Å². The molecule has 0 aromatic carbocycles. The summed E-state index contributed by atoms with van der Waals surface area (Å²) in [5.74, 6) is 0.720. The molecule has 19 heavy (non-hydrogen) atoms. The van der Waals surface area contributed by atoms with Crippen molar-refractivity contribution in [3.05, 3.63) is 0 Å². The SMILES string of the molecule is CC(C)CN(CCCCC(C)(C)C#N)CCN(C)C. The number of unbranched alkanes of at least 4 members (excludes halogenated alkanes) is 1. The Labute approximate surface area is 120 Å². The minimum Gasteiger partial charge on any atom is -0.308 e. The van der Waals surface area contributed by atoms with E-state index in [9.17, 15) is 0 Å². The van der Waals surface area contributed by atoms with Gasteiger partial charge in [-0.15, -0.1) is 0 Å². The van der Waals surface area contributed by atoms with Gasteiger partial charge < -0.3 is 9.80 Å². The van der Waals surface area contributed by atoms with Crippen LogP contribution in [0.25, 0.3) is 0 Å². The first-order valence-corrected chi connectivity index (χ1v) is 7.55. The summed E-state index contributed by atoms with van der Waals surface area (Å²) >= 11 is 0. The minimum absolute atomic E-state index is 0.160. The van der Waals surface area contributed by atoms with Crippen LogP contribution in [0.1, 0.15) is 47.0 Å². The average molecular weight is 267 g/mol. The van der Waals surface area contributed by atoms with Crippen LogP contribution in [0.15, 0.2) is 0 Å². The molecule has 0 aliphatic heterocycles. The Morgan fingerprint density at radius 3 is 2.16 bits per heavy atom. The highest BCUT2D eigenvalue weighted by molar-refractivity contribution is 4.91. The Morgan fingerprint density at radius 1 is 1.05 bits per heavy atom. The molecule has 0 fully saturated rings. The van der Waals surface area contributed by atoms with E-state index < -0.39 is 0 Å². The molecule has 0 amide bonds. The van der Waals surface area contributed by atoms with Crippen LogP contribution in [0.5, 0.6) is 0 Å². The van der Waals surface area contributed by atoms with Crippen LogP contribution in [0.4, 0.5) is 0 Å². The third-order valence-corrected chi connectivity index (χ3v) is 3.32. The van der Waals surface area contributed by atoms with Crippen LogP contribution < -0.4 is 0 Å². The molecule has 0 atom stereocenters. The quantitative estimate of drug-likeness (QED) is 0.569. The van der Waals surface area contributed by atoms with Crippen LogP contribution in [-0.2, 0) is 0 Å². The highest BCUT2D eigenvalue weighted by Gasteiger charge is 2.16. The molecule has 0 aliphatic rings. The van der Waals surface area contributed by atoms with Crippen molar-refractivity contribution in [3.63, 3.8) is 0 Å². The molecule has 3 nitrogen and oxygen atoms in total. The zero-order valence-electron chi connectivity index (χ0n) is 13.9. The summed E-state index contributed by atoms with van der Waals surface area (Å²) in [5.41, 5.74) is -0.160. The second-order valence-electron chi connectivity index (χ2n) is 6.95. The number of nitriles is 1. The zero-order chi connectivity index (χ0) is 14.9. The fourth-order valence-corrected chi connectivity index (χ4v) is 2.11. The summed E-state index contributed by atoms with van der Waals surface area (Å²) in [6.07, 6.45) is 3.36. The lowest BCUT2D eigenvalue weighted by Crippen LogP contribution is -2.35. The monoisotopic (exact) mass is 267 g/mol. The van der Waals surface area contributed by atoms with Crippen molar-refractivity contribution in [2.45, 2.75) is 47.0 Å². The van der Waals surface area contributed by atoms with Gasteiger partial charge in [0.15, 0.2) is 0 Å². The van der Waals surface area contributed by atoms with Gasteiger partial charge in [0.05, 0.1) is 11.5 Å². The van der Waals surface area contributed by atoms with Gasteiger partial charge in [-0.05, 0) is 53.2 Å². The van der Waals surface area contributed by atoms with E-state index in [2.05, 4.69) is 43.8 Å². The Balaban J connectivity index is 3.95. The van der Waals surface area contributed by atoms with Gasteiger partial charge >= 0.3 is 0 Å². The molecule has 0 aromatic rings. The topological polar surface area (TPSA) is 30.3 Å². The fourth-order valence-electron chi connectivity index (χ4n) is 2.11. The van der Waals surface area contributed by atoms with Gasteiger partial charge in [0, 0.05) is 19.6 Å². The second-order valence-corrected chi connectivity index (χ2v) is 6.95. The molecule has 0 unspecified atom stereocenters. The maximum absolute atomic E-state index is 9.00. The molecule has 0 saturated carbocycles. The fraction of sp³-hybridized carbons (Fsp3) is 0.938. The predicted molar refractivity (Wildman–Crippen MR) is 83.1 cm³/mol. The van der Waals surface area contributed by atoms with Gasteiger partial charge in [-0.25, -0.2) is 0 Å². The lowest BCUT2D eigenvalue weighted by atomic mass is 9.89. The Morgan fingerprint density at radius 2 is 1.68 bits per heavy atom. The number of hydrogen-bond donors (Lipinski definition) is 0. The molecule has 0 N–H and O–H groups in total. The first kappa shape index (κ1) is 18.4. The molecule has 0 saturated heterocycles. The third kappa shape index (κ3) is 11.0. The molecular formula is C16H33N3. The van der Waals surface area contributed by atoms with Crippen LogP contribution in [0.3, 0.4) is 0 Å². The normalized spacial score (nSPS) is 12.4. The van der Waals surface area contributed by atoms with E-state index in [1.165, 1.54) is 13.0 Å². The largest absolute Gasteiger partial charge is 0.308 e. The maximum Gasteiger partial charge on any atom is 0.0683 e.